The van der Waals surface area contributed by atoms with Crippen molar-refractivity contribution < 1.29 is 23.0 Å². The zero-order chi connectivity index (χ0) is 17.2. The Morgan fingerprint density at radius 2 is 2.13 bits per heavy atom. The Hall–Kier alpha value is -1.58. The minimum Gasteiger partial charge on any atom is -0.376 e. The van der Waals surface area contributed by atoms with Crippen LogP contribution in [-0.4, -0.2) is 41.6 Å². The molecule has 1 N–H and O–H groups in total. The van der Waals surface area contributed by atoms with Crippen LogP contribution in [0.4, 0.5) is 8.78 Å². The minimum absolute atomic E-state index is 0.345. The molecule has 1 fully saturated rings. The van der Waals surface area contributed by atoms with E-state index in [2.05, 4.69) is 9.72 Å². The van der Waals surface area contributed by atoms with Gasteiger partial charge >= 0.3 is 11.8 Å². The predicted octanol–water partition coefficient (Wildman–Crippen LogP) is 1.10. The number of ether oxygens (including phenoxy) is 3. The summed E-state index contributed by atoms with van der Waals surface area (Å²) in [6.45, 7) is 2.67. The van der Waals surface area contributed by atoms with Gasteiger partial charge < -0.3 is 14.2 Å². The van der Waals surface area contributed by atoms with Crippen molar-refractivity contribution in [1.29, 1.82) is 0 Å². The van der Waals surface area contributed by atoms with Crippen molar-refractivity contribution in [1.82, 2.24) is 9.55 Å². The third-order valence-corrected chi connectivity index (χ3v) is 3.85. The summed E-state index contributed by atoms with van der Waals surface area (Å²) in [4.78, 5) is 25.2. The number of aromatic nitrogens is 2. The highest BCUT2D eigenvalue weighted by Gasteiger charge is 2.48. The van der Waals surface area contributed by atoms with Crippen molar-refractivity contribution in [2.45, 2.75) is 44.8 Å². The summed E-state index contributed by atoms with van der Waals surface area (Å²) in [6.07, 6.45) is -4.19. The molecule has 0 unspecified atom stereocenters. The first-order chi connectivity index (χ1) is 10.8. The molecule has 0 aromatic carbocycles. The molecule has 1 saturated heterocycles. The molecule has 4 atom stereocenters. The first-order valence-corrected chi connectivity index (χ1v) is 7.30. The number of rotatable bonds is 6. The zero-order valence-corrected chi connectivity index (χ0v) is 13.1. The average Bonchev–Trinajstić information content (AvgIpc) is 2.75. The van der Waals surface area contributed by atoms with E-state index in [0.717, 1.165) is 17.7 Å². The highest BCUT2D eigenvalue weighted by molar-refractivity contribution is 4.92. The van der Waals surface area contributed by atoms with Gasteiger partial charge in [-0.15, -0.1) is 0 Å². The number of alkyl halides is 2. The molecule has 0 bridgehead atoms. The lowest BCUT2D eigenvalue weighted by Gasteiger charge is -2.27. The molecule has 7 nitrogen and oxygen atoms in total. The lowest BCUT2D eigenvalue weighted by Crippen LogP contribution is -2.41. The van der Waals surface area contributed by atoms with Gasteiger partial charge in [-0.1, -0.05) is 13.8 Å². The van der Waals surface area contributed by atoms with Crippen LogP contribution in [0.1, 0.15) is 26.5 Å². The van der Waals surface area contributed by atoms with Crippen LogP contribution < -0.4 is 11.2 Å². The number of nitrogens with one attached hydrogen (secondary N) is 1. The molecule has 0 aliphatic carbocycles. The lowest BCUT2D eigenvalue weighted by atomic mass is 9.98. The number of aromatic amines is 1. The minimum atomic E-state index is -3.51. The normalized spacial score (nSPS) is 28.2. The molecule has 0 radical (unpaired) electrons. The van der Waals surface area contributed by atoms with Crippen LogP contribution in [0.5, 0.6) is 0 Å². The molecular weight excluding hydrogens is 314 g/mol. The number of nitrogens with zero attached hydrogens (tertiary/aromatic N) is 1. The van der Waals surface area contributed by atoms with Crippen LogP contribution in [0.3, 0.4) is 0 Å². The van der Waals surface area contributed by atoms with E-state index in [9.17, 15) is 18.4 Å². The van der Waals surface area contributed by atoms with E-state index in [1.807, 2.05) is 6.92 Å². The van der Waals surface area contributed by atoms with Crippen molar-refractivity contribution in [3.8, 4) is 0 Å². The third kappa shape index (κ3) is 3.85. The van der Waals surface area contributed by atoms with Crippen molar-refractivity contribution in [3.63, 3.8) is 0 Å². The highest BCUT2D eigenvalue weighted by Crippen LogP contribution is 2.39. The molecule has 1 aliphatic heterocycles. The molecule has 1 aromatic heterocycles. The Bertz CT molecular complexity index is 645. The lowest BCUT2D eigenvalue weighted by molar-refractivity contribution is -0.296. The molecule has 2 heterocycles. The number of hydrogen-bond donors (Lipinski definition) is 1. The molecule has 1 aromatic rings. The SMILES string of the molecule is CC[C@H]1O[C@@H](n2ccc(=O)[nH]c2=O)[C@H](OC(F)(F)COC)[C@@H]1C. The molecule has 130 valence electrons. The van der Waals surface area contributed by atoms with E-state index >= 15 is 0 Å². The summed E-state index contributed by atoms with van der Waals surface area (Å²) in [7, 11) is 1.14. The van der Waals surface area contributed by atoms with E-state index in [-0.39, 0.29) is 12.0 Å². The van der Waals surface area contributed by atoms with Gasteiger partial charge in [-0.05, 0) is 6.42 Å². The largest absolute Gasteiger partial charge is 0.379 e. The van der Waals surface area contributed by atoms with Gasteiger partial charge in [0.1, 0.15) is 12.7 Å². The predicted molar refractivity (Wildman–Crippen MR) is 76.4 cm³/mol. The van der Waals surface area contributed by atoms with Crippen LogP contribution in [0, 0.1) is 5.92 Å². The summed E-state index contributed by atoms with van der Waals surface area (Å²) in [6, 6.07) is 1.12. The maximum atomic E-state index is 13.8. The molecule has 2 rings (SSSR count). The Morgan fingerprint density at radius 3 is 2.70 bits per heavy atom. The van der Waals surface area contributed by atoms with Crippen molar-refractivity contribution in [2.75, 3.05) is 13.7 Å². The van der Waals surface area contributed by atoms with Crippen LogP contribution >= 0.6 is 0 Å². The summed E-state index contributed by atoms with van der Waals surface area (Å²) >= 11 is 0. The summed E-state index contributed by atoms with van der Waals surface area (Å²) < 4.78 is 43.7. The second-order valence-electron chi connectivity index (χ2n) is 5.50. The monoisotopic (exact) mass is 334 g/mol. The molecule has 0 saturated carbocycles. The summed E-state index contributed by atoms with van der Waals surface area (Å²) in [5.74, 6) is -0.369. The van der Waals surface area contributed by atoms with Gasteiger partial charge in [0.05, 0.1) is 6.10 Å². The smallest absolute Gasteiger partial charge is 0.376 e. The molecule has 1 aliphatic rings. The van der Waals surface area contributed by atoms with Gasteiger partial charge in [-0.2, -0.15) is 8.78 Å². The van der Waals surface area contributed by atoms with Gasteiger partial charge in [0.25, 0.3) is 5.56 Å². The molecule has 9 heteroatoms. The molecule has 0 amide bonds. The van der Waals surface area contributed by atoms with Gasteiger partial charge in [-0.25, -0.2) is 4.79 Å². The number of hydrogen-bond acceptors (Lipinski definition) is 5. The van der Waals surface area contributed by atoms with Crippen LogP contribution in [0.2, 0.25) is 0 Å². The van der Waals surface area contributed by atoms with E-state index in [0.29, 0.717) is 6.42 Å². The quantitative estimate of drug-likeness (QED) is 0.842. The molecular formula is C14H20F2N2O5. The Kier molecular flexibility index (Phi) is 5.33. The number of H-pyrrole nitrogens is 1. The second-order valence-corrected chi connectivity index (χ2v) is 5.50. The van der Waals surface area contributed by atoms with Crippen LogP contribution in [0.25, 0.3) is 0 Å². The molecule has 0 spiro atoms. The third-order valence-electron chi connectivity index (χ3n) is 3.85. The Labute approximate surface area is 131 Å². The number of halogens is 2. The van der Waals surface area contributed by atoms with Gasteiger partial charge in [0.15, 0.2) is 6.23 Å². The summed E-state index contributed by atoms with van der Waals surface area (Å²) in [5, 5.41) is 0. The maximum absolute atomic E-state index is 13.8. The first-order valence-electron chi connectivity index (χ1n) is 7.30. The van der Waals surface area contributed by atoms with Gasteiger partial charge in [0.2, 0.25) is 0 Å². The van der Waals surface area contributed by atoms with Gasteiger partial charge in [0, 0.05) is 25.3 Å². The Balaban J connectivity index is 2.34. The maximum Gasteiger partial charge on any atom is 0.379 e. The van der Waals surface area contributed by atoms with E-state index < -0.39 is 36.3 Å². The van der Waals surface area contributed by atoms with Crippen molar-refractivity contribution in [3.05, 3.63) is 33.1 Å². The average molecular weight is 334 g/mol. The van der Waals surface area contributed by atoms with Gasteiger partial charge in [-0.3, -0.25) is 14.3 Å². The topological polar surface area (TPSA) is 82.6 Å². The first kappa shape index (κ1) is 17.8. The Morgan fingerprint density at radius 1 is 1.43 bits per heavy atom. The van der Waals surface area contributed by atoms with Crippen LogP contribution in [-0.2, 0) is 14.2 Å². The zero-order valence-electron chi connectivity index (χ0n) is 13.1. The fourth-order valence-electron chi connectivity index (χ4n) is 2.74. The second kappa shape index (κ2) is 6.90. The fourth-order valence-corrected chi connectivity index (χ4v) is 2.74. The summed E-state index contributed by atoms with van der Waals surface area (Å²) in [5.41, 5.74) is -1.32. The van der Waals surface area contributed by atoms with Crippen molar-refractivity contribution >= 4 is 0 Å². The standard InChI is InChI=1S/C14H20F2N2O5/c1-4-9-8(2)11(23-14(15,16)7-21-3)12(22-9)18-6-5-10(19)17-13(18)20/h5-6,8-9,11-12H,4,7H2,1-3H3,(H,17,19,20)/t8-,9-,11-,12-/m1/s1. The molecule has 23 heavy (non-hydrogen) atoms. The number of methoxy groups -OCH3 is 1. The van der Waals surface area contributed by atoms with Crippen LogP contribution in [0.15, 0.2) is 21.9 Å². The highest BCUT2D eigenvalue weighted by atomic mass is 19.3. The van der Waals surface area contributed by atoms with E-state index in [1.54, 1.807) is 6.92 Å². The van der Waals surface area contributed by atoms with Crippen molar-refractivity contribution in [2.24, 2.45) is 5.92 Å². The van der Waals surface area contributed by atoms with E-state index in [1.165, 1.54) is 6.20 Å². The fraction of sp³-hybridized carbons (Fsp3) is 0.714. The van der Waals surface area contributed by atoms with E-state index in [4.69, 9.17) is 9.47 Å².